The van der Waals surface area contributed by atoms with Crippen molar-refractivity contribution in [3.8, 4) is 0 Å². The largest absolute Gasteiger partial charge is 0.352 e. The molecule has 9 heteroatoms. The van der Waals surface area contributed by atoms with Gasteiger partial charge in [0.2, 0.25) is 5.91 Å². The van der Waals surface area contributed by atoms with Crippen LogP contribution >= 0.6 is 23.4 Å². The van der Waals surface area contributed by atoms with Crippen molar-refractivity contribution in [1.29, 1.82) is 0 Å². The smallest absolute Gasteiger partial charge is 0.253 e. The molecule has 4 rings (SSSR count). The van der Waals surface area contributed by atoms with E-state index in [4.69, 9.17) is 11.6 Å². The maximum Gasteiger partial charge on any atom is 0.253 e. The minimum absolute atomic E-state index is 0.0344. The third-order valence-electron chi connectivity index (χ3n) is 6.04. The van der Waals surface area contributed by atoms with Crippen molar-refractivity contribution < 1.29 is 9.59 Å². The number of thioether (sulfide) groups is 1. The number of carbonyl (C=O) groups excluding carboxylic acids is 2. The molecule has 0 unspecified atom stereocenters. The second kappa shape index (κ2) is 10.0. The van der Waals surface area contributed by atoms with E-state index in [0.29, 0.717) is 41.8 Å². The van der Waals surface area contributed by atoms with Gasteiger partial charge in [-0.2, -0.15) is 0 Å². The molecule has 2 heterocycles. The highest BCUT2D eigenvalue weighted by Gasteiger charge is 2.26. The molecule has 0 bridgehead atoms. The minimum atomic E-state index is -0.187. The fraction of sp³-hybridized carbons (Fsp3) is 0.545. The van der Waals surface area contributed by atoms with Crippen LogP contribution in [0.15, 0.2) is 23.4 Å². The summed E-state index contributed by atoms with van der Waals surface area (Å²) in [4.78, 5) is 26.7. The van der Waals surface area contributed by atoms with E-state index in [-0.39, 0.29) is 11.8 Å². The molecule has 2 fully saturated rings. The predicted molar refractivity (Wildman–Crippen MR) is 123 cm³/mol. The lowest BCUT2D eigenvalue weighted by Crippen LogP contribution is -2.30. The van der Waals surface area contributed by atoms with Crippen molar-refractivity contribution in [2.45, 2.75) is 62.6 Å². The van der Waals surface area contributed by atoms with Crippen LogP contribution in [-0.2, 0) is 11.2 Å². The lowest BCUT2D eigenvalue weighted by molar-refractivity contribution is -0.117. The predicted octanol–water partition coefficient (Wildman–Crippen LogP) is 4.26. The number of nitrogens with one attached hydrogen (secondary N) is 1. The van der Waals surface area contributed by atoms with Gasteiger partial charge in [0.15, 0.2) is 5.16 Å². The summed E-state index contributed by atoms with van der Waals surface area (Å²) in [5.41, 5.74) is 1.08. The third kappa shape index (κ3) is 4.90. The molecule has 2 aromatic rings. The van der Waals surface area contributed by atoms with Crippen molar-refractivity contribution in [3.63, 3.8) is 0 Å². The summed E-state index contributed by atoms with van der Waals surface area (Å²) >= 11 is 7.77. The Morgan fingerprint density at radius 2 is 2.06 bits per heavy atom. The van der Waals surface area contributed by atoms with Gasteiger partial charge in [-0.25, -0.2) is 0 Å². The molecule has 1 saturated carbocycles. The molecule has 2 amide bonds. The quantitative estimate of drug-likeness (QED) is 0.469. The third-order valence-corrected chi connectivity index (χ3v) is 6.92. The molecule has 0 atom stereocenters. The van der Waals surface area contributed by atoms with E-state index in [1.54, 1.807) is 34.9 Å². The number of hydrogen-bond acceptors (Lipinski definition) is 5. The molecule has 1 saturated heterocycles. The Morgan fingerprint density at radius 3 is 2.77 bits per heavy atom. The lowest BCUT2D eigenvalue weighted by atomic mass is 10.1. The zero-order chi connectivity index (χ0) is 21.8. The molecule has 1 aliphatic heterocycles. The number of amides is 2. The summed E-state index contributed by atoms with van der Waals surface area (Å²) in [5, 5.41) is 13.3. The summed E-state index contributed by atoms with van der Waals surface area (Å²) in [6, 6.07) is 5.58. The first-order valence-electron chi connectivity index (χ1n) is 10.9. The van der Waals surface area contributed by atoms with E-state index in [1.165, 1.54) is 25.7 Å². The first-order chi connectivity index (χ1) is 15.1. The summed E-state index contributed by atoms with van der Waals surface area (Å²) < 4.78 is 2.30. The van der Waals surface area contributed by atoms with E-state index in [0.717, 1.165) is 30.2 Å². The number of nitrogens with zero attached hydrogens (tertiary/aromatic N) is 4. The van der Waals surface area contributed by atoms with Crippen LogP contribution in [0.3, 0.4) is 0 Å². The van der Waals surface area contributed by atoms with Crippen molar-refractivity contribution in [2.24, 2.45) is 0 Å². The number of benzene rings is 1. The Hall–Kier alpha value is -2.06. The normalized spacial score (nSPS) is 17.0. The Labute approximate surface area is 191 Å². The second-order valence-electron chi connectivity index (χ2n) is 8.08. The number of anilines is 1. The van der Waals surface area contributed by atoms with Crippen LogP contribution < -0.4 is 10.2 Å². The second-order valence-corrected chi connectivity index (χ2v) is 9.29. The van der Waals surface area contributed by atoms with E-state index in [1.807, 2.05) is 6.26 Å². The van der Waals surface area contributed by atoms with E-state index in [9.17, 15) is 9.59 Å². The minimum Gasteiger partial charge on any atom is -0.352 e. The van der Waals surface area contributed by atoms with E-state index < -0.39 is 0 Å². The standard InChI is InChI=1S/C22H28ClN5O2S/c1-31-22-26-25-19(28(22)16-6-2-3-7-16)8-4-12-24-21(30)17-11-10-15(23)14-18(17)27-13-5-9-20(27)29/h10-11,14,16H,2-9,12-13H2,1H3,(H,24,30). The van der Waals surface area contributed by atoms with Crippen LogP contribution in [0.2, 0.25) is 5.02 Å². The Bertz CT molecular complexity index is 957. The first-order valence-corrected chi connectivity index (χ1v) is 12.5. The number of hydrogen-bond donors (Lipinski definition) is 1. The number of aromatic nitrogens is 3. The van der Waals surface area contributed by atoms with Gasteiger partial charge >= 0.3 is 0 Å². The Kier molecular flexibility index (Phi) is 7.17. The van der Waals surface area contributed by atoms with Crippen LogP contribution in [0.5, 0.6) is 0 Å². The van der Waals surface area contributed by atoms with Gasteiger partial charge < -0.3 is 14.8 Å². The van der Waals surface area contributed by atoms with Crippen molar-refractivity contribution in [1.82, 2.24) is 20.1 Å². The average Bonchev–Trinajstić information content (AvgIpc) is 3.51. The maximum absolute atomic E-state index is 12.8. The summed E-state index contributed by atoms with van der Waals surface area (Å²) in [5.74, 6) is 0.848. The van der Waals surface area contributed by atoms with Gasteiger partial charge in [0.1, 0.15) is 5.82 Å². The number of aryl methyl sites for hydroxylation is 1. The fourth-order valence-corrected chi connectivity index (χ4v) is 5.25. The van der Waals surface area contributed by atoms with Crippen molar-refractivity contribution in [2.75, 3.05) is 24.2 Å². The number of rotatable bonds is 8. The number of carbonyl (C=O) groups is 2. The van der Waals surface area contributed by atoms with Gasteiger partial charge in [0.25, 0.3) is 5.91 Å². The highest BCUT2D eigenvalue weighted by atomic mass is 35.5. The van der Waals surface area contributed by atoms with Crippen molar-refractivity contribution in [3.05, 3.63) is 34.6 Å². The molecule has 1 aromatic carbocycles. The van der Waals surface area contributed by atoms with Gasteiger partial charge in [0, 0.05) is 37.0 Å². The Morgan fingerprint density at radius 1 is 1.26 bits per heavy atom. The molecule has 1 aliphatic carbocycles. The van der Waals surface area contributed by atoms with Crippen LogP contribution in [0.25, 0.3) is 0 Å². The molecule has 0 radical (unpaired) electrons. The first kappa shape index (κ1) is 22.1. The average molecular weight is 462 g/mol. The highest BCUT2D eigenvalue weighted by Crippen LogP contribution is 2.33. The summed E-state index contributed by atoms with van der Waals surface area (Å²) in [7, 11) is 0. The summed E-state index contributed by atoms with van der Waals surface area (Å²) in [6.45, 7) is 1.15. The van der Waals surface area contributed by atoms with Crippen LogP contribution in [0, 0.1) is 0 Å². The SMILES string of the molecule is CSc1nnc(CCCNC(=O)c2ccc(Cl)cc2N2CCCC2=O)n1C1CCCC1. The van der Waals surface area contributed by atoms with Gasteiger partial charge in [-0.1, -0.05) is 36.2 Å². The molecule has 1 N–H and O–H groups in total. The molecule has 7 nitrogen and oxygen atoms in total. The van der Waals surface area contributed by atoms with Crippen molar-refractivity contribution >= 4 is 40.9 Å². The topological polar surface area (TPSA) is 80.1 Å². The van der Waals surface area contributed by atoms with Gasteiger partial charge in [-0.3, -0.25) is 9.59 Å². The number of halogens is 1. The molecule has 1 aromatic heterocycles. The molecule has 31 heavy (non-hydrogen) atoms. The lowest BCUT2D eigenvalue weighted by Gasteiger charge is -2.20. The maximum atomic E-state index is 12.8. The molecular formula is C22H28ClN5O2S. The summed E-state index contributed by atoms with van der Waals surface area (Å²) in [6.07, 6.45) is 9.77. The zero-order valence-electron chi connectivity index (χ0n) is 17.8. The highest BCUT2D eigenvalue weighted by molar-refractivity contribution is 7.98. The van der Waals surface area contributed by atoms with E-state index in [2.05, 4.69) is 20.1 Å². The van der Waals surface area contributed by atoms with Gasteiger partial charge in [0.05, 0.1) is 11.3 Å². The van der Waals surface area contributed by atoms with Crippen LogP contribution in [-0.4, -0.2) is 45.9 Å². The molecular weight excluding hydrogens is 434 g/mol. The molecule has 166 valence electrons. The van der Waals surface area contributed by atoms with Crippen LogP contribution in [0.4, 0.5) is 5.69 Å². The van der Waals surface area contributed by atoms with Crippen LogP contribution in [0.1, 0.15) is 67.2 Å². The van der Waals surface area contributed by atoms with Gasteiger partial charge in [-0.05, 0) is 50.1 Å². The fourth-order valence-electron chi connectivity index (χ4n) is 4.51. The monoisotopic (exact) mass is 461 g/mol. The Balaban J connectivity index is 1.38. The zero-order valence-corrected chi connectivity index (χ0v) is 19.3. The molecule has 0 spiro atoms. The van der Waals surface area contributed by atoms with E-state index >= 15 is 0 Å². The molecule has 2 aliphatic rings. The van der Waals surface area contributed by atoms with Gasteiger partial charge in [-0.15, -0.1) is 10.2 Å².